The summed E-state index contributed by atoms with van der Waals surface area (Å²) < 4.78 is 1.79. The molecule has 0 radical (unpaired) electrons. The summed E-state index contributed by atoms with van der Waals surface area (Å²) in [7, 11) is 0. The maximum Gasteiger partial charge on any atom is 0.298 e. The summed E-state index contributed by atoms with van der Waals surface area (Å²) >= 11 is 0.951. The number of rotatable bonds is 4. The molecule has 0 saturated carbocycles. The zero-order valence-corrected chi connectivity index (χ0v) is 18.1. The highest BCUT2D eigenvalue weighted by molar-refractivity contribution is 8.19. The van der Waals surface area contributed by atoms with Crippen molar-refractivity contribution in [2.75, 3.05) is 4.90 Å². The molecule has 1 aliphatic rings. The minimum absolute atomic E-state index is 0.299. The van der Waals surface area contributed by atoms with E-state index in [-0.39, 0.29) is 11.1 Å². The average molecular weight is 438 g/mol. The van der Waals surface area contributed by atoms with E-state index in [1.807, 2.05) is 92.0 Å². The van der Waals surface area contributed by atoms with E-state index in [0.29, 0.717) is 10.6 Å². The molecular formula is C26H19N3O2S. The second-order valence-electron chi connectivity index (χ2n) is 7.38. The lowest BCUT2D eigenvalue weighted by Gasteiger charge is -2.14. The number of imide groups is 1. The van der Waals surface area contributed by atoms with Gasteiger partial charge in [0.25, 0.3) is 11.1 Å². The summed E-state index contributed by atoms with van der Waals surface area (Å²) in [6, 6.07) is 27.0. The molecule has 3 aromatic carbocycles. The Kier molecular flexibility index (Phi) is 5.21. The monoisotopic (exact) mass is 437 g/mol. The van der Waals surface area contributed by atoms with Gasteiger partial charge in [0, 0.05) is 17.3 Å². The molecule has 32 heavy (non-hydrogen) atoms. The SMILES string of the molecule is Cc1ccccc1N1C(=O)S/C(=C\c2cn(-c3ccccc3)nc2-c2ccccc2)C1=O. The maximum absolute atomic E-state index is 13.2. The van der Waals surface area contributed by atoms with Crippen molar-refractivity contribution in [3.8, 4) is 16.9 Å². The Morgan fingerprint density at radius 2 is 1.50 bits per heavy atom. The molecule has 6 heteroatoms. The highest BCUT2D eigenvalue weighted by Gasteiger charge is 2.37. The van der Waals surface area contributed by atoms with Gasteiger partial charge >= 0.3 is 0 Å². The van der Waals surface area contributed by atoms with Gasteiger partial charge in [0.2, 0.25) is 0 Å². The third-order valence-electron chi connectivity index (χ3n) is 5.25. The highest BCUT2D eigenvalue weighted by Crippen LogP contribution is 2.38. The summed E-state index contributed by atoms with van der Waals surface area (Å²) in [5.74, 6) is -0.319. The number of hydrogen-bond acceptors (Lipinski definition) is 4. The predicted molar refractivity (Wildman–Crippen MR) is 129 cm³/mol. The number of carbonyl (C=O) groups excluding carboxylic acids is 2. The predicted octanol–water partition coefficient (Wildman–Crippen LogP) is 6.09. The molecule has 0 aliphatic carbocycles. The summed E-state index contributed by atoms with van der Waals surface area (Å²) in [6.45, 7) is 1.89. The zero-order chi connectivity index (χ0) is 22.1. The Morgan fingerprint density at radius 1 is 0.844 bits per heavy atom. The first-order valence-electron chi connectivity index (χ1n) is 10.2. The van der Waals surface area contributed by atoms with Crippen LogP contribution in [0.3, 0.4) is 0 Å². The van der Waals surface area contributed by atoms with Crippen LogP contribution in [0.4, 0.5) is 10.5 Å². The van der Waals surface area contributed by atoms with E-state index < -0.39 is 0 Å². The van der Waals surface area contributed by atoms with Crippen molar-refractivity contribution < 1.29 is 9.59 Å². The van der Waals surface area contributed by atoms with Crippen molar-refractivity contribution in [3.05, 3.63) is 107 Å². The Bertz CT molecular complexity index is 1340. The molecule has 0 unspecified atom stereocenters. The van der Waals surface area contributed by atoms with Crippen LogP contribution in [0.25, 0.3) is 23.0 Å². The summed E-state index contributed by atoms with van der Waals surface area (Å²) in [6.07, 6.45) is 3.65. The first-order chi connectivity index (χ1) is 15.6. The smallest absolute Gasteiger partial charge is 0.268 e. The fraction of sp³-hybridized carbons (Fsp3) is 0.0385. The van der Waals surface area contributed by atoms with Crippen LogP contribution in [0.1, 0.15) is 11.1 Å². The summed E-state index contributed by atoms with van der Waals surface area (Å²) in [5.41, 5.74) is 4.86. The van der Waals surface area contributed by atoms with Gasteiger partial charge in [0.05, 0.1) is 22.0 Å². The fourth-order valence-corrected chi connectivity index (χ4v) is 4.48. The molecule has 2 amide bonds. The molecule has 0 N–H and O–H groups in total. The van der Waals surface area contributed by atoms with E-state index in [4.69, 9.17) is 5.10 Å². The number of thioether (sulfide) groups is 1. The number of para-hydroxylation sites is 2. The first kappa shape index (κ1) is 20.0. The van der Waals surface area contributed by atoms with Crippen molar-refractivity contribution in [3.63, 3.8) is 0 Å². The lowest BCUT2D eigenvalue weighted by atomic mass is 10.1. The molecule has 0 bridgehead atoms. The van der Waals surface area contributed by atoms with Gasteiger partial charge in [-0.25, -0.2) is 9.58 Å². The van der Waals surface area contributed by atoms with E-state index >= 15 is 0 Å². The zero-order valence-electron chi connectivity index (χ0n) is 17.3. The number of hydrogen-bond donors (Lipinski definition) is 0. The van der Waals surface area contributed by atoms with E-state index in [0.717, 1.165) is 39.8 Å². The molecule has 5 nitrogen and oxygen atoms in total. The number of nitrogens with zero attached hydrogens (tertiary/aromatic N) is 3. The minimum atomic E-state index is -0.319. The van der Waals surface area contributed by atoms with Gasteiger partial charge < -0.3 is 0 Å². The van der Waals surface area contributed by atoms with Gasteiger partial charge in [-0.1, -0.05) is 66.7 Å². The molecule has 0 atom stereocenters. The molecule has 5 rings (SSSR count). The van der Waals surface area contributed by atoms with Crippen LogP contribution in [0.2, 0.25) is 0 Å². The van der Waals surface area contributed by atoms with Gasteiger partial charge in [0.1, 0.15) is 0 Å². The summed E-state index contributed by atoms with van der Waals surface area (Å²) in [5, 5.41) is 4.48. The van der Waals surface area contributed by atoms with Crippen LogP contribution in [0.5, 0.6) is 0 Å². The van der Waals surface area contributed by atoms with Crippen LogP contribution >= 0.6 is 11.8 Å². The van der Waals surface area contributed by atoms with Gasteiger partial charge in [-0.05, 0) is 48.5 Å². The van der Waals surface area contributed by atoms with Crippen molar-refractivity contribution in [1.82, 2.24) is 9.78 Å². The second-order valence-corrected chi connectivity index (χ2v) is 8.38. The van der Waals surface area contributed by atoms with Crippen molar-refractivity contribution >= 4 is 34.7 Å². The molecule has 156 valence electrons. The normalized spacial score (nSPS) is 15.0. The Morgan fingerprint density at radius 3 is 2.22 bits per heavy atom. The number of anilines is 1. The number of amides is 2. The minimum Gasteiger partial charge on any atom is -0.268 e. The molecule has 1 aromatic heterocycles. The van der Waals surface area contributed by atoms with E-state index in [1.54, 1.807) is 16.8 Å². The van der Waals surface area contributed by atoms with Crippen LogP contribution in [0, 0.1) is 6.92 Å². The molecular weight excluding hydrogens is 418 g/mol. The molecule has 1 aliphatic heterocycles. The van der Waals surface area contributed by atoms with Gasteiger partial charge in [-0.15, -0.1) is 0 Å². The van der Waals surface area contributed by atoms with E-state index in [2.05, 4.69) is 0 Å². The van der Waals surface area contributed by atoms with Crippen LogP contribution in [-0.2, 0) is 4.79 Å². The van der Waals surface area contributed by atoms with Crippen LogP contribution < -0.4 is 4.90 Å². The topological polar surface area (TPSA) is 55.2 Å². The fourth-order valence-electron chi connectivity index (χ4n) is 3.66. The molecule has 1 fully saturated rings. The van der Waals surface area contributed by atoms with E-state index in [9.17, 15) is 9.59 Å². The molecule has 1 saturated heterocycles. The highest BCUT2D eigenvalue weighted by atomic mass is 32.2. The van der Waals surface area contributed by atoms with E-state index in [1.165, 1.54) is 4.90 Å². The maximum atomic E-state index is 13.2. The Balaban J connectivity index is 1.59. The average Bonchev–Trinajstić information content (AvgIpc) is 3.36. The standard InChI is InChI=1S/C26H19N3O2S/c1-18-10-8-9-15-22(18)29-25(30)23(32-26(29)31)16-20-17-28(21-13-6-3-7-14-21)27-24(20)19-11-4-2-5-12-19/h2-17H,1H3/b23-16-. The van der Waals surface area contributed by atoms with Crippen molar-refractivity contribution in [2.24, 2.45) is 0 Å². The third-order valence-corrected chi connectivity index (χ3v) is 6.12. The Hall–Kier alpha value is -3.90. The quantitative estimate of drug-likeness (QED) is 0.363. The molecule has 0 spiro atoms. The van der Waals surface area contributed by atoms with Crippen molar-refractivity contribution in [2.45, 2.75) is 6.92 Å². The Labute approximate surface area is 190 Å². The van der Waals surface area contributed by atoms with Crippen molar-refractivity contribution in [1.29, 1.82) is 0 Å². The number of carbonyl (C=O) groups is 2. The van der Waals surface area contributed by atoms with Gasteiger partial charge in [0.15, 0.2) is 0 Å². The lowest BCUT2D eigenvalue weighted by molar-refractivity contribution is -0.113. The largest absolute Gasteiger partial charge is 0.298 e. The lowest BCUT2D eigenvalue weighted by Crippen LogP contribution is -2.28. The van der Waals surface area contributed by atoms with Crippen LogP contribution in [0.15, 0.2) is 96.0 Å². The molecule has 2 heterocycles. The number of aryl methyl sites for hydroxylation is 1. The number of benzene rings is 3. The first-order valence-corrected chi connectivity index (χ1v) is 11.0. The second kappa shape index (κ2) is 8.32. The molecule has 4 aromatic rings. The number of aromatic nitrogens is 2. The van der Waals surface area contributed by atoms with Crippen LogP contribution in [-0.4, -0.2) is 20.9 Å². The summed E-state index contributed by atoms with van der Waals surface area (Å²) in [4.78, 5) is 27.5. The van der Waals surface area contributed by atoms with Gasteiger partial charge in [-0.2, -0.15) is 5.10 Å². The van der Waals surface area contributed by atoms with Gasteiger partial charge in [-0.3, -0.25) is 9.59 Å². The third kappa shape index (κ3) is 3.65.